The number of hydrogen-bond acceptors (Lipinski definition) is 2. The summed E-state index contributed by atoms with van der Waals surface area (Å²) in [4.78, 5) is 11.8. The lowest BCUT2D eigenvalue weighted by Crippen LogP contribution is -2.92. The number of ether oxygens (including phenoxy) is 1. The molecule has 0 bridgehead atoms. The molecule has 0 saturated heterocycles. The molecule has 1 rings (SSSR count). The molecular formula is C14H20Cl2NO2+. The molecule has 106 valence electrons. The molecule has 0 aliphatic rings. The standard InChI is InChI=1S/C14H19Cl2NO2/c1-4-9(2)13(14(18)19-3)17-8-10-5-6-11(15)12(16)7-10/h5-7,9,13,17H,4,8H2,1-3H3/p+1/t9-,13-/m0/s1. The number of nitrogens with two attached hydrogens (primary N) is 1. The maximum atomic E-state index is 11.8. The van der Waals surface area contributed by atoms with Crippen LogP contribution in [0.1, 0.15) is 25.8 Å². The molecule has 1 aromatic carbocycles. The van der Waals surface area contributed by atoms with Crippen molar-refractivity contribution in [3.63, 3.8) is 0 Å². The van der Waals surface area contributed by atoms with E-state index in [0.717, 1.165) is 12.0 Å². The third-order valence-electron chi connectivity index (χ3n) is 3.32. The SMILES string of the molecule is CC[C@H](C)[C@H]([NH2+]Cc1ccc(Cl)c(Cl)c1)C(=O)OC. The van der Waals surface area contributed by atoms with Gasteiger partial charge < -0.3 is 10.1 Å². The Kier molecular flexibility index (Phi) is 6.63. The second kappa shape index (κ2) is 7.73. The normalized spacial score (nSPS) is 13.9. The van der Waals surface area contributed by atoms with E-state index in [-0.39, 0.29) is 17.9 Å². The van der Waals surface area contributed by atoms with E-state index in [1.165, 1.54) is 7.11 Å². The van der Waals surface area contributed by atoms with Crippen LogP contribution in [0, 0.1) is 5.92 Å². The molecular weight excluding hydrogens is 285 g/mol. The number of rotatable bonds is 6. The number of carbonyl (C=O) groups excluding carboxylic acids is 1. The Morgan fingerprint density at radius 2 is 2.05 bits per heavy atom. The van der Waals surface area contributed by atoms with Crippen LogP contribution in [0.3, 0.4) is 0 Å². The van der Waals surface area contributed by atoms with Gasteiger partial charge in [-0.3, -0.25) is 0 Å². The van der Waals surface area contributed by atoms with Crippen molar-refractivity contribution in [2.24, 2.45) is 5.92 Å². The highest BCUT2D eigenvalue weighted by molar-refractivity contribution is 6.42. The van der Waals surface area contributed by atoms with Crippen LogP contribution in [0.25, 0.3) is 0 Å². The summed E-state index contributed by atoms with van der Waals surface area (Å²) in [5.74, 6) is 0.0737. The Morgan fingerprint density at radius 3 is 2.58 bits per heavy atom. The molecule has 0 heterocycles. The minimum atomic E-state index is -0.190. The fraction of sp³-hybridized carbons (Fsp3) is 0.500. The number of quaternary nitrogens is 1. The number of benzene rings is 1. The minimum Gasteiger partial charge on any atom is -0.465 e. The van der Waals surface area contributed by atoms with E-state index in [1.54, 1.807) is 6.07 Å². The molecule has 0 fully saturated rings. The van der Waals surface area contributed by atoms with Gasteiger partial charge in [0, 0.05) is 11.5 Å². The summed E-state index contributed by atoms with van der Waals surface area (Å²) in [5, 5.41) is 3.06. The van der Waals surface area contributed by atoms with Gasteiger partial charge in [-0.05, 0) is 18.6 Å². The van der Waals surface area contributed by atoms with E-state index in [1.807, 2.05) is 24.4 Å². The zero-order valence-corrected chi connectivity index (χ0v) is 13.0. The highest BCUT2D eigenvalue weighted by atomic mass is 35.5. The highest BCUT2D eigenvalue weighted by Crippen LogP contribution is 2.22. The molecule has 5 heteroatoms. The van der Waals surface area contributed by atoms with Gasteiger partial charge in [-0.1, -0.05) is 43.1 Å². The van der Waals surface area contributed by atoms with Crippen molar-refractivity contribution in [1.29, 1.82) is 0 Å². The molecule has 0 aliphatic heterocycles. The zero-order chi connectivity index (χ0) is 14.4. The lowest BCUT2D eigenvalue weighted by molar-refractivity contribution is -0.699. The number of esters is 1. The number of halogens is 2. The summed E-state index contributed by atoms with van der Waals surface area (Å²) in [6.45, 7) is 4.78. The Morgan fingerprint density at radius 1 is 1.37 bits per heavy atom. The first-order chi connectivity index (χ1) is 8.99. The number of carbonyl (C=O) groups is 1. The Labute approximate surface area is 124 Å². The van der Waals surface area contributed by atoms with Gasteiger partial charge in [0.25, 0.3) is 0 Å². The molecule has 0 spiro atoms. The first kappa shape index (κ1) is 16.3. The van der Waals surface area contributed by atoms with Crippen LogP contribution < -0.4 is 5.32 Å². The minimum absolute atomic E-state index is 0.186. The summed E-state index contributed by atoms with van der Waals surface area (Å²) >= 11 is 11.8. The molecule has 0 saturated carbocycles. The highest BCUT2D eigenvalue weighted by Gasteiger charge is 2.28. The number of methoxy groups -OCH3 is 1. The van der Waals surface area contributed by atoms with Crippen LogP contribution in [0.5, 0.6) is 0 Å². The zero-order valence-electron chi connectivity index (χ0n) is 11.5. The topological polar surface area (TPSA) is 42.9 Å². The van der Waals surface area contributed by atoms with Crippen molar-refractivity contribution < 1.29 is 14.8 Å². The van der Waals surface area contributed by atoms with Crippen LogP contribution in [0.15, 0.2) is 18.2 Å². The Hall–Kier alpha value is -0.770. The predicted octanol–water partition coefficient (Wildman–Crippen LogP) is 2.64. The van der Waals surface area contributed by atoms with Crippen molar-refractivity contribution in [3.8, 4) is 0 Å². The lowest BCUT2D eigenvalue weighted by Gasteiger charge is -2.18. The maximum Gasteiger partial charge on any atom is 0.364 e. The molecule has 2 atom stereocenters. The van der Waals surface area contributed by atoms with Crippen LogP contribution in [-0.2, 0) is 16.1 Å². The van der Waals surface area contributed by atoms with Crippen molar-refractivity contribution in [2.45, 2.75) is 32.9 Å². The van der Waals surface area contributed by atoms with E-state index in [9.17, 15) is 4.79 Å². The average Bonchev–Trinajstić information content (AvgIpc) is 2.42. The molecule has 0 aliphatic carbocycles. The molecule has 0 aromatic heterocycles. The van der Waals surface area contributed by atoms with Gasteiger partial charge >= 0.3 is 5.97 Å². The van der Waals surface area contributed by atoms with Crippen LogP contribution in [0.4, 0.5) is 0 Å². The molecule has 3 nitrogen and oxygen atoms in total. The second-order valence-corrected chi connectivity index (χ2v) is 5.44. The predicted molar refractivity (Wildman–Crippen MR) is 77.4 cm³/mol. The van der Waals surface area contributed by atoms with E-state index in [0.29, 0.717) is 16.6 Å². The Bertz CT molecular complexity index is 437. The maximum absolute atomic E-state index is 11.8. The van der Waals surface area contributed by atoms with Gasteiger partial charge in [0.15, 0.2) is 6.04 Å². The van der Waals surface area contributed by atoms with Crippen molar-refractivity contribution in [2.75, 3.05) is 7.11 Å². The first-order valence-corrected chi connectivity index (χ1v) is 7.10. The van der Waals surface area contributed by atoms with E-state index in [4.69, 9.17) is 27.9 Å². The van der Waals surface area contributed by atoms with Crippen molar-refractivity contribution in [3.05, 3.63) is 33.8 Å². The summed E-state index contributed by atoms with van der Waals surface area (Å²) in [6, 6.07) is 5.31. The van der Waals surface area contributed by atoms with Crippen LogP contribution in [0.2, 0.25) is 10.0 Å². The summed E-state index contributed by atoms with van der Waals surface area (Å²) < 4.78 is 4.85. The third kappa shape index (κ3) is 4.68. The largest absolute Gasteiger partial charge is 0.465 e. The molecule has 19 heavy (non-hydrogen) atoms. The van der Waals surface area contributed by atoms with Gasteiger partial charge in [0.1, 0.15) is 6.54 Å². The molecule has 0 radical (unpaired) electrons. The van der Waals surface area contributed by atoms with Gasteiger partial charge in [0.2, 0.25) is 0 Å². The quantitative estimate of drug-likeness (QED) is 0.821. The van der Waals surface area contributed by atoms with Crippen molar-refractivity contribution in [1.82, 2.24) is 0 Å². The molecule has 1 aromatic rings. The van der Waals surface area contributed by atoms with Gasteiger partial charge in [0.05, 0.1) is 17.2 Å². The average molecular weight is 305 g/mol. The molecule has 0 unspecified atom stereocenters. The van der Waals surface area contributed by atoms with Gasteiger partial charge in [-0.25, -0.2) is 4.79 Å². The van der Waals surface area contributed by atoms with E-state index >= 15 is 0 Å². The van der Waals surface area contributed by atoms with E-state index in [2.05, 4.69) is 6.92 Å². The summed E-state index contributed by atoms with van der Waals surface area (Å²) in [7, 11) is 1.42. The summed E-state index contributed by atoms with van der Waals surface area (Å²) in [6.07, 6.45) is 0.928. The first-order valence-electron chi connectivity index (χ1n) is 6.34. The molecule has 2 N–H and O–H groups in total. The fourth-order valence-corrected chi connectivity index (χ4v) is 2.20. The van der Waals surface area contributed by atoms with Gasteiger partial charge in [-0.2, -0.15) is 0 Å². The Balaban J connectivity index is 2.70. The third-order valence-corrected chi connectivity index (χ3v) is 4.06. The molecule has 0 amide bonds. The monoisotopic (exact) mass is 304 g/mol. The summed E-state index contributed by atoms with van der Waals surface area (Å²) in [5.41, 5.74) is 1.03. The second-order valence-electron chi connectivity index (χ2n) is 4.62. The van der Waals surface area contributed by atoms with Crippen LogP contribution in [-0.4, -0.2) is 19.1 Å². The number of hydrogen-bond donors (Lipinski definition) is 1. The fourth-order valence-electron chi connectivity index (χ4n) is 1.88. The lowest BCUT2D eigenvalue weighted by atomic mass is 9.99. The smallest absolute Gasteiger partial charge is 0.364 e. The van der Waals surface area contributed by atoms with Crippen LogP contribution >= 0.6 is 23.2 Å². The van der Waals surface area contributed by atoms with Gasteiger partial charge in [-0.15, -0.1) is 0 Å². The van der Waals surface area contributed by atoms with E-state index < -0.39 is 0 Å². The van der Waals surface area contributed by atoms with Crippen molar-refractivity contribution >= 4 is 29.2 Å².